The molecule has 2 heteroatoms. The van der Waals surface area contributed by atoms with Crippen LogP contribution in [0.1, 0.15) is 26.2 Å². The number of rotatable bonds is 5. The minimum absolute atomic E-state index is 0.367. The van der Waals surface area contributed by atoms with E-state index in [0.717, 1.165) is 32.5 Å². The molecule has 1 N–H and O–H groups in total. The molecular formula is C10H19NO. The summed E-state index contributed by atoms with van der Waals surface area (Å²) in [5, 5.41) is 9.68. The summed E-state index contributed by atoms with van der Waals surface area (Å²) in [5.41, 5.74) is -0.367. The zero-order valence-electron chi connectivity index (χ0n) is 7.92. The van der Waals surface area contributed by atoms with Gasteiger partial charge in [-0.05, 0) is 25.8 Å². The van der Waals surface area contributed by atoms with Crippen molar-refractivity contribution in [2.75, 3.05) is 19.6 Å². The summed E-state index contributed by atoms with van der Waals surface area (Å²) in [6, 6.07) is 0. The minimum Gasteiger partial charge on any atom is -0.387 e. The van der Waals surface area contributed by atoms with Crippen LogP contribution in [0, 0.1) is 0 Å². The first kappa shape index (κ1) is 9.75. The Morgan fingerprint density at radius 3 is 2.75 bits per heavy atom. The fourth-order valence-corrected chi connectivity index (χ4v) is 1.63. The molecule has 1 aliphatic rings. The average molecular weight is 169 g/mol. The molecule has 2 nitrogen and oxygen atoms in total. The first-order valence-electron chi connectivity index (χ1n) is 4.76. The van der Waals surface area contributed by atoms with Crippen molar-refractivity contribution in [2.45, 2.75) is 31.8 Å². The van der Waals surface area contributed by atoms with Crippen LogP contribution < -0.4 is 0 Å². The summed E-state index contributed by atoms with van der Waals surface area (Å²) in [7, 11) is 0. The van der Waals surface area contributed by atoms with Gasteiger partial charge in [0, 0.05) is 13.1 Å². The second-order valence-corrected chi connectivity index (χ2v) is 3.72. The summed E-state index contributed by atoms with van der Waals surface area (Å²) in [4.78, 5) is 2.30. The summed E-state index contributed by atoms with van der Waals surface area (Å²) >= 11 is 0. The standard InChI is InChI=1S/C10H19NO/c1-3-5-6-7-11-8-10(12,4-2)9-11/h3,12H,1,4-9H2,2H3. The number of unbranched alkanes of at least 4 members (excludes halogenated alkanes) is 1. The number of hydrogen-bond donors (Lipinski definition) is 1. The van der Waals surface area contributed by atoms with Gasteiger partial charge in [-0.1, -0.05) is 13.0 Å². The van der Waals surface area contributed by atoms with Gasteiger partial charge in [0.05, 0.1) is 5.60 Å². The van der Waals surface area contributed by atoms with Gasteiger partial charge in [-0.2, -0.15) is 0 Å². The van der Waals surface area contributed by atoms with Gasteiger partial charge in [-0.3, -0.25) is 4.90 Å². The first-order chi connectivity index (χ1) is 5.70. The van der Waals surface area contributed by atoms with Crippen LogP contribution in [-0.4, -0.2) is 35.2 Å². The normalized spacial score (nSPS) is 21.8. The van der Waals surface area contributed by atoms with Crippen molar-refractivity contribution >= 4 is 0 Å². The zero-order valence-corrected chi connectivity index (χ0v) is 7.92. The van der Waals surface area contributed by atoms with Gasteiger partial charge in [0.1, 0.15) is 0 Å². The van der Waals surface area contributed by atoms with Crippen LogP contribution in [0.2, 0.25) is 0 Å². The predicted octanol–water partition coefficient (Wildman–Crippen LogP) is 1.41. The molecule has 12 heavy (non-hydrogen) atoms. The molecule has 1 aliphatic heterocycles. The van der Waals surface area contributed by atoms with E-state index >= 15 is 0 Å². The average Bonchev–Trinajstić information content (AvgIpc) is 2.01. The van der Waals surface area contributed by atoms with E-state index in [0.29, 0.717) is 0 Å². The fraction of sp³-hybridized carbons (Fsp3) is 0.800. The molecule has 0 bridgehead atoms. The maximum absolute atomic E-state index is 9.68. The van der Waals surface area contributed by atoms with E-state index in [1.165, 1.54) is 6.42 Å². The number of nitrogens with zero attached hydrogens (tertiary/aromatic N) is 1. The third-order valence-corrected chi connectivity index (χ3v) is 2.58. The van der Waals surface area contributed by atoms with Crippen molar-refractivity contribution in [3.8, 4) is 0 Å². The first-order valence-corrected chi connectivity index (χ1v) is 4.76. The number of likely N-dealkylation sites (tertiary alicyclic amines) is 1. The lowest BCUT2D eigenvalue weighted by atomic mass is 9.91. The Morgan fingerprint density at radius 2 is 2.25 bits per heavy atom. The van der Waals surface area contributed by atoms with E-state index in [9.17, 15) is 5.11 Å². The van der Waals surface area contributed by atoms with Crippen molar-refractivity contribution < 1.29 is 5.11 Å². The van der Waals surface area contributed by atoms with Crippen LogP contribution >= 0.6 is 0 Å². The highest BCUT2D eigenvalue weighted by Crippen LogP contribution is 2.23. The molecule has 0 amide bonds. The lowest BCUT2D eigenvalue weighted by Crippen LogP contribution is -2.61. The number of β-amino-alcohol motifs (C(OH)–C–C–N with tert-alkyl or cyclic N) is 1. The van der Waals surface area contributed by atoms with Crippen molar-refractivity contribution in [2.24, 2.45) is 0 Å². The van der Waals surface area contributed by atoms with Gasteiger partial charge < -0.3 is 5.11 Å². The highest BCUT2D eigenvalue weighted by Gasteiger charge is 2.38. The molecule has 1 heterocycles. The lowest BCUT2D eigenvalue weighted by Gasteiger charge is -2.46. The quantitative estimate of drug-likeness (QED) is 0.497. The van der Waals surface area contributed by atoms with E-state index in [1.54, 1.807) is 0 Å². The molecule has 1 rings (SSSR count). The van der Waals surface area contributed by atoms with E-state index in [2.05, 4.69) is 11.5 Å². The fourth-order valence-electron chi connectivity index (χ4n) is 1.63. The summed E-state index contributed by atoms with van der Waals surface area (Å²) < 4.78 is 0. The van der Waals surface area contributed by atoms with Crippen LogP contribution in [0.5, 0.6) is 0 Å². The van der Waals surface area contributed by atoms with Crippen LogP contribution in [-0.2, 0) is 0 Å². The van der Waals surface area contributed by atoms with Crippen molar-refractivity contribution in [1.29, 1.82) is 0 Å². The SMILES string of the molecule is C=CCCCN1CC(O)(CC)C1. The third kappa shape index (κ3) is 2.32. The van der Waals surface area contributed by atoms with Crippen LogP contribution in [0.3, 0.4) is 0 Å². The monoisotopic (exact) mass is 169 g/mol. The van der Waals surface area contributed by atoms with Gasteiger partial charge in [-0.15, -0.1) is 6.58 Å². The Bertz CT molecular complexity index is 150. The number of aliphatic hydroxyl groups is 1. The van der Waals surface area contributed by atoms with Crippen molar-refractivity contribution in [3.05, 3.63) is 12.7 Å². The molecule has 0 unspecified atom stereocenters. The molecule has 1 fully saturated rings. The Morgan fingerprint density at radius 1 is 1.58 bits per heavy atom. The highest BCUT2D eigenvalue weighted by molar-refractivity contribution is 4.94. The molecule has 0 aromatic carbocycles. The van der Waals surface area contributed by atoms with Gasteiger partial charge in [0.25, 0.3) is 0 Å². The van der Waals surface area contributed by atoms with Gasteiger partial charge >= 0.3 is 0 Å². The molecule has 0 spiro atoms. The van der Waals surface area contributed by atoms with Gasteiger partial charge in [0.2, 0.25) is 0 Å². The van der Waals surface area contributed by atoms with Crippen LogP contribution in [0.15, 0.2) is 12.7 Å². The van der Waals surface area contributed by atoms with Crippen molar-refractivity contribution in [3.63, 3.8) is 0 Å². The Kier molecular flexibility index (Phi) is 3.29. The van der Waals surface area contributed by atoms with E-state index < -0.39 is 0 Å². The summed E-state index contributed by atoms with van der Waals surface area (Å²) in [5.74, 6) is 0. The maximum atomic E-state index is 9.68. The Balaban J connectivity index is 2.05. The predicted molar refractivity (Wildman–Crippen MR) is 51.1 cm³/mol. The maximum Gasteiger partial charge on any atom is 0.0897 e. The molecule has 70 valence electrons. The Labute approximate surface area is 74.9 Å². The molecule has 0 radical (unpaired) electrons. The summed E-state index contributed by atoms with van der Waals surface area (Å²) in [6.45, 7) is 8.55. The lowest BCUT2D eigenvalue weighted by molar-refractivity contribution is -0.0992. The van der Waals surface area contributed by atoms with Crippen molar-refractivity contribution in [1.82, 2.24) is 4.90 Å². The zero-order chi connectivity index (χ0) is 9.03. The van der Waals surface area contributed by atoms with Gasteiger partial charge in [0.15, 0.2) is 0 Å². The van der Waals surface area contributed by atoms with E-state index in [1.807, 2.05) is 13.0 Å². The number of hydrogen-bond acceptors (Lipinski definition) is 2. The second kappa shape index (κ2) is 4.06. The Hall–Kier alpha value is -0.340. The highest BCUT2D eigenvalue weighted by atomic mass is 16.3. The molecule has 0 saturated carbocycles. The second-order valence-electron chi connectivity index (χ2n) is 3.72. The number of allylic oxidation sites excluding steroid dienone is 1. The topological polar surface area (TPSA) is 23.5 Å². The smallest absolute Gasteiger partial charge is 0.0897 e. The third-order valence-electron chi connectivity index (χ3n) is 2.58. The van der Waals surface area contributed by atoms with Gasteiger partial charge in [-0.25, -0.2) is 0 Å². The molecule has 0 aromatic heterocycles. The molecule has 0 aliphatic carbocycles. The van der Waals surface area contributed by atoms with Crippen LogP contribution in [0.25, 0.3) is 0 Å². The van der Waals surface area contributed by atoms with E-state index in [-0.39, 0.29) is 5.60 Å². The largest absolute Gasteiger partial charge is 0.387 e. The summed E-state index contributed by atoms with van der Waals surface area (Å²) in [6.07, 6.45) is 5.08. The van der Waals surface area contributed by atoms with E-state index in [4.69, 9.17) is 0 Å². The minimum atomic E-state index is -0.367. The van der Waals surface area contributed by atoms with Crippen LogP contribution in [0.4, 0.5) is 0 Å². The molecule has 0 atom stereocenters. The molecule has 0 aromatic rings. The molecular weight excluding hydrogens is 150 g/mol. The molecule has 1 saturated heterocycles.